The topological polar surface area (TPSA) is 63.2 Å². The lowest BCUT2D eigenvalue weighted by molar-refractivity contribution is 0.187. The van der Waals surface area contributed by atoms with Gasteiger partial charge in [-0.15, -0.1) is 0 Å². The molecule has 0 radical (unpaired) electrons. The SMILES string of the molecule is COC(=O)Nc1ccc(NCc2ccc(F)cc2)cn1. The van der Waals surface area contributed by atoms with Gasteiger partial charge in [0.2, 0.25) is 0 Å². The van der Waals surface area contributed by atoms with Crippen LogP contribution >= 0.6 is 0 Å². The van der Waals surface area contributed by atoms with Crippen LogP contribution in [-0.2, 0) is 11.3 Å². The molecule has 1 heterocycles. The highest BCUT2D eigenvalue weighted by Crippen LogP contribution is 2.11. The second kappa shape index (κ2) is 6.51. The quantitative estimate of drug-likeness (QED) is 0.900. The van der Waals surface area contributed by atoms with Gasteiger partial charge >= 0.3 is 6.09 Å². The molecular weight excluding hydrogens is 261 g/mol. The minimum atomic E-state index is -0.565. The standard InChI is InChI=1S/C14H14FN3O2/c1-20-14(19)18-13-7-6-12(9-17-13)16-8-10-2-4-11(15)5-3-10/h2-7,9,16H,8H2,1H3,(H,17,18,19). The van der Waals surface area contributed by atoms with E-state index >= 15 is 0 Å². The molecule has 0 bridgehead atoms. The van der Waals surface area contributed by atoms with Gasteiger partial charge in [0.25, 0.3) is 0 Å². The highest BCUT2D eigenvalue weighted by atomic mass is 19.1. The number of aromatic nitrogens is 1. The Morgan fingerprint density at radius 3 is 2.60 bits per heavy atom. The Morgan fingerprint density at radius 1 is 1.25 bits per heavy atom. The van der Waals surface area contributed by atoms with Crippen LogP contribution in [-0.4, -0.2) is 18.2 Å². The molecule has 0 atom stereocenters. The van der Waals surface area contributed by atoms with Crippen molar-refractivity contribution in [1.29, 1.82) is 0 Å². The zero-order chi connectivity index (χ0) is 14.4. The fourth-order valence-electron chi connectivity index (χ4n) is 1.53. The van der Waals surface area contributed by atoms with E-state index < -0.39 is 6.09 Å². The van der Waals surface area contributed by atoms with E-state index in [4.69, 9.17) is 0 Å². The number of ether oxygens (including phenoxy) is 1. The third-order valence-electron chi connectivity index (χ3n) is 2.59. The summed E-state index contributed by atoms with van der Waals surface area (Å²) in [6, 6.07) is 9.69. The predicted octanol–water partition coefficient (Wildman–Crippen LogP) is 3.01. The molecular formula is C14H14FN3O2. The first-order valence-electron chi connectivity index (χ1n) is 5.97. The minimum absolute atomic E-state index is 0.256. The first kappa shape index (κ1) is 13.8. The monoisotopic (exact) mass is 275 g/mol. The molecule has 0 unspecified atom stereocenters. The highest BCUT2D eigenvalue weighted by molar-refractivity contribution is 5.83. The lowest BCUT2D eigenvalue weighted by atomic mass is 10.2. The van der Waals surface area contributed by atoms with Gasteiger partial charge in [0, 0.05) is 6.54 Å². The van der Waals surface area contributed by atoms with Gasteiger partial charge in [-0.3, -0.25) is 5.32 Å². The summed E-state index contributed by atoms with van der Waals surface area (Å²) in [5.41, 5.74) is 1.76. The Morgan fingerprint density at radius 2 is 2.00 bits per heavy atom. The van der Waals surface area contributed by atoms with Crippen LogP contribution in [0.25, 0.3) is 0 Å². The maximum Gasteiger partial charge on any atom is 0.412 e. The van der Waals surface area contributed by atoms with E-state index in [0.717, 1.165) is 11.3 Å². The maximum absolute atomic E-state index is 12.8. The summed E-state index contributed by atoms with van der Waals surface area (Å²) in [4.78, 5) is 15.0. The fraction of sp³-hybridized carbons (Fsp3) is 0.143. The van der Waals surface area contributed by atoms with E-state index in [0.29, 0.717) is 12.4 Å². The van der Waals surface area contributed by atoms with Gasteiger partial charge in [0.15, 0.2) is 0 Å². The summed E-state index contributed by atoms with van der Waals surface area (Å²) in [6.07, 6.45) is 1.03. The second-order valence-electron chi connectivity index (χ2n) is 4.03. The highest BCUT2D eigenvalue weighted by Gasteiger charge is 2.01. The minimum Gasteiger partial charge on any atom is -0.453 e. The van der Waals surface area contributed by atoms with Crippen LogP contribution in [0, 0.1) is 5.82 Å². The summed E-state index contributed by atoms with van der Waals surface area (Å²) in [5.74, 6) is 0.151. The molecule has 2 aromatic rings. The molecule has 1 amide bonds. The second-order valence-corrected chi connectivity index (χ2v) is 4.03. The normalized spacial score (nSPS) is 9.90. The number of carbonyl (C=O) groups is 1. The number of anilines is 2. The van der Waals surface area contributed by atoms with E-state index in [9.17, 15) is 9.18 Å². The van der Waals surface area contributed by atoms with Gasteiger partial charge in [-0.2, -0.15) is 0 Å². The van der Waals surface area contributed by atoms with Crippen molar-refractivity contribution in [2.45, 2.75) is 6.54 Å². The zero-order valence-electron chi connectivity index (χ0n) is 10.9. The Bertz CT molecular complexity index is 570. The Hall–Kier alpha value is -2.63. The Kier molecular flexibility index (Phi) is 4.49. The number of amides is 1. The van der Waals surface area contributed by atoms with E-state index in [1.807, 2.05) is 0 Å². The molecule has 0 aliphatic rings. The number of pyridine rings is 1. The van der Waals surface area contributed by atoms with Crippen molar-refractivity contribution in [1.82, 2.24) is 4.98 Å². The fourth-order valence-corrected chi connectivity index (χ4v) is 1.53. The summed E-state index contributed by atoms with van der Waals surface area (Å²) >= 11 is 0. The van der Waals surface area contributed by atoms with Crippen molar-refractivity contribution >= 4 is 17.6 Å². The Balaban J connectivity index is 1.90. The van der Waals surface area contributed by atoms with Gasteiger partial charge < -0.3 is 10.1 Å². The van der Waals surface area contributed by atoms with Crippen LogP contribution in [0.15, 0.2) is 42.6 Å². The summed E-state index contributed by atoms with van der Waals surface area (Å²) in [6.45, 7) is 0.561. The summed E-state index contributed by atoms with van der Waals surface area (Å²) in [5, 5.41) is 5.60. The predicted molar refractivity (Wildman–Crippen MR) is 74.0 cm³/mol. The lowest BCUT2D eigenvalue weighted by Gasteiger charge is -2.07. The molecule has 0 aliphatic heterocycles. The van der Waals surface area contributed by atoms with E-state index in [1.165, 1.54) is 19.2 Å². The number of hydrogen-bond donors (Lipinski definition) is 2. The van der Waals surface area contributed by atoms with Gasteiger partial charge in [-0.05, 0) is 29.8 Å². The van der Waals surface area contributed by atoms with Crippen LogP contribution < -0.4 is 10.6 Å². The average molecular weight is 275 g/mol. The van der Waals surface area contributed by atoms with Crippen molar-refractivity contribution in [2.75, 3.05) is 17.7 Å². The first-order chi connectivity index (χ1) is 9.67. The van der Waals surface area contributed by atoms with Crippen molar-refractivity contribution < 1.29 is 13.9 Å². The van der Waals surface area contributed by atoms with Gasteiger partial charge in [0.1, 0.15) is 11.6 Å². The lowest BCUT2D eigenvalue weighted by Crippen LogP contribution is -2.12. The Labute approximate surface area is 115 Å². The number of nitrogens with one attached hydrogen (secondary N) is 2. The maximum atomic E-state index is 12.8. The molecule has 6 heteroatoms. The van der Waals surface area contributed by atoms with Crippen molar-refractivity contribution in [3.63, 3.8) is 0 Å². The number of nitrogens with zero attached hydrogens (tertiary/aromatic N) is 1. The van der Waals surface area contributed by atoms with Crippen LogP contribution in [0.4, 0.5) is 20.7 Å². The number of methoxy groups -OCH3 is 1. The number of carbonyl (C=O) groups excluding carboxylic acids is 1. The van der Waals surface area contributed by atoms with Crippen LogP contribution in [0.3, 0.4) is 0 Å². The molecule has 0 fully saturated rings. The number of rotatable bonds is 4. The van der Waals surface area contributed by atoms with Crippen LogP contribution in [0.2, 0.25) is 0 Å². The number of halogens is 1. The summed E-state index contributed by atoms with van der Waals surface area (Å²) < 4.78 is 17.2. The molecule has 2 rings (SSSR count). The summed E-state index contributed by atoms with van der Waals surface area (Å²) in [7, 11) is 1.29. The molecule has 2 N–H and O–H groups in total. The number of benzene rings is 1. The first-order valence-corrected chi connectivity index (χ1v) is 5.97. The third kappa shape index (κ3) is 3.94. The molecule has 0 aliphatic carbocycles. The molecule has 1 aromatic heterocycles. The molecule has 0 spiro atoms. The average Bonchev–Trinajstić information content (AvgIpc) is 2.48. The van der Waals surface area contributed by atoms with Gasteiger partial charge in [-0.1, -0.05) is 12.1 Å². The zero-order valence-corrected chi connectivity index (χ0v) is 10.9. The van der Waals surface area contributed by atoms with Gasteiger partial charge in [-0.25, -0.2) is 14.2 Å². The van der Waals surface area contributed by atoms with Crippen LogP contribution in [0.1, 0.15) is 5.56 Å². The molecule has 104 valence electrons. The van der Waals surface area contributed by atoms with Crippen LogP contribution in [0.5, 0.6) is 0 Å². The molecule has 20 heavy (non-hydrogen) atoms. The smallest absolute Gasteiger partial charge is 0.412 e. The van der Waals surface area contributed by atoms with Crippen molar-refractivity contribution in [3.05, 3.63) is 54.0 Å². The molecule has 5 nitrogen and oxygen atoms in total. The van der Waals surface area contributed by atoms with E-state index in [2.05, 4.69) is 20.4 Å². The molecule has 0 saturated heterocycles. The molecule has 1 aromatic carbocycles. The van der Waals surface area contributed by atoms with Gasteiger partial charge in [0.05, 0.1) is 19.0 Å². The van der Waals surface area contributed by atoms with E-state index in [1.54, 1.807) is 30.5 Å². The molecule has 0 saturated carbocycles. The van der Waals surface area contributed by atoms with Crippen molar-refractivity contribution in [3.8, 4) is 0 Å². The third-order valence-corrected chi connectivity index (χ3v) is 2.59. The largest absolute Gasteiger partial charge is 0.453 e. The number of hydrogen-bond acceptors (Lipinski definition) is 4. The van der Waals surface area contributed by atoms with E-state index in [-0.39, 0.29) is 5.82 Å². The van der Waals surface area contributed by atoms with Crippen molar-refractivity contribution in [2.24, 2.45) is 0 Å².